The van der Waals surface area contributed by atoms with Crippen LogP contribution in [0, 0.1) is 0 Å². The van der Waals surface area contributed by atoms with E-state index in [2.05, 4.69) is 60.6 Å². The van der Waals surface area contributed by atoms with Crippen molar-refractivity contribution in [3.63, 3.8) is 0 Å². The summed E-state index contributed by atoms with van der Waals surface area (Å²) in [6.07, 6.45) is 6.95. The average molecular weight is 651 g/mol. The molecule has 258 valence electrons. The van der Waals surface area contributed by atoms with Crippen molar-refractivity contribution in [1.29, 1.82) is 0 Å². The van der Waals surface area contributed by atoms with Crippen molar-refractivity contribution in [1.82, 2.24) is 19.4 Å². The summed E-state index contributed by atoms with van der Waals surface area (Å²) in [5.41, 5.74) is 10.8. The van der Waals surface area contributed by atoms with Gasteiger partial charge in [0.25, 0.3) is 0 Å². The molecule has 2 aromatic carbocycles. The Bertz CT molecular complexity index is 1460. The first-order valence-corrected chi connectivity index (χ1v) is 16.9. The minimum absolute atomic E-state index is 0.0448. The maximum Gasteiger partial charge on any atom is 0.411 e. The van der Waals surface area contributed by atoms with E-state index in [1.807, 2.05) is 24.3 Å². The van der Waals surface area contributed by atoms with Crippen LogP contribution in [0.4, 0.5) is 32.3 Å². The number of anilines is 4. The molecule has 0 radical (unpaired) electrons. The van der Waals surface area contributed by atoms with Gasteiger partial charge in [0.2, 0.25) is 0 Å². The van der Waals surface area contributed by atoms with Crippen LogP contribution in [0.5, 0.6) is 0 Å². The van der Waals surface area contributed by atoms with Crippen LogP contribution in [0.2, 0.25) is 0 Å². The second-order valence-corrected chi connectivity index (χ2v) is 13.3. The Kier molecular flexibility index (Phi) is 13.1. The minimum atomic E-state index is -0.500. The van der Waals surface area contributed by atoms with Gasteiger partial charge in [0.15, 0.2) is 0 Å². The molecular weight excluding hydrogens is 596 g/mol. The third-order valence-electron chi connectivity index (χ3n) is 8.61. The predicted molar refractivity (Wildman–Crippen MR) is 190 cm³/mol. The van der Waals surface area contributed by atoms with Gasteiger partial charge in [0.1, 0.15) is 5.82 Å². The van der Waals surface area contributed by atoms with Gasteiger partial charge < -0.3 is 34.9 Å². The zero-order chi connectivity index (χ0) is 33.8. The Labute approximate surface area is 279 Å². The number of nitrogens with one attached hydrogen (secondary N) is 3. The summed E-state index contributed by atoms with van der Waals surface area (Å²) < 4.78 is 11.6. The molecule has 0 atom stereocenters. The third kappa shape index (κ3) is 10.8. The van der Waals surface area contributed by atoms with E-state index in [0.717, 1.165) is 48.7 Å². The SMILES string of the molecule is COC(=O)Nc1ccc(NCCN2CCCCC2)c(N)c1.COC(=O)Nc1ccc2c(c1)nc(C(C)(C)C)n2CCN1CCCCC1. The van der Waals surface area contributed by atoms with E-state index in [1.54, 1.807) is 12.1 Å². The number of amides is 2. The van der Waals surface area contributed by atoms with E-state index in [-0.39, 0.29) is 5.41 Å². The van der Waals surface area contributed by atoms with E-state index < -0.39 is 12.2 Å². The maximum atomic E-state index is 11.5. The van der Waals surface area contributed by atoms with Crippen LogP contribution in [0.3, 0.4) is 0 Å². The predicted octanol–water partition coefficient (Wildman–Crippen LogP) is 6.34. The average Bonchev–Trinajstić information content (AvgIpc) is 3.44. The van der Waals surface area contributed by atoms with Crippen molar-refractivity contribution in [2.75, 3.05) is 81.7 Å². The number of hydrogen-bond acceptors (Lipinski definition) is 9. The van der Waals surface area contributed by atoms with Crippen LogP contribution >= 0.6 is 0 Å². The third-order valence-corrected chi connectivity index (χ3v) is 8.61. The summed E-state index contributed by atoms with van der Waals surface area (Å²) in [5, 5.41) is 8.65. The van der Waals surface area contributed by atoms with Gasteiger partial charge in [-0.05, 0) is 88.3 Å². The summed E-state index contributed by atoms with van der Waals surface area (Å²) in [5.74, 6) is 1.08. The molecule has 3 aromatic rings. The molecule has 12 nitrogen and oxygen atoms in total. The number of imidazole rings is 1. The smallest absolute Gasteiger partial charge is 0.411 e. The molecule has 0 aliphatic carbocycles. The summed E-state index contributed by atoms with van der Waals surface area (Å²) in [7, 11) is 2.69. The summed E-state index contributed by atoms with van der Waals surface area (Å²) in [4.78, 5) is 32.5. The zero-order valence-electron chi connectivity index (χ0n) is 28.9. The Morgan fingerprint density at radius 2 is 1.34 bits per heavy atom. The molecule has 5 rings (SSSR count). The molecule has 5 N–H and O–H groups in total. The molecule has 12 heteroatoms. The highest BCUT2D eigenvalue weighted by molar-refractivity contribution is 5.89. The number of nitrogens with two attached hydrogens (primary N) is 1. The number of fused-ring (bicyclic) bond motifs is 1. The number of likely N-dealkylation sites (tertiary alicyclic amines) is 2. The highest BCUT2D eigenvalue weighted by Gasteiger charge is 2.24. The summed E-state index contributed by atoms with van der Waals surface area (Å²) >= 11 is 0. The minimum Gasteiger partial charge on any atom is -0.453 e. The Morgan fingerprint density at radius 3 is 1.89 bits per heavy atom. The number of aromatic nitrogens is 2. The Hall–Kier alpha value is -4.03. The second-order valence-electron chi connectivity index (χ2n) is 13.3. The van der Waals surface area contributed by atoms with Gasteiger partial charge in [-0.1, -0.05) is 33.6 Å². The quantitative estimate of drug-likeness (QED) is 0.195. The van der Waals surface area contributed by atoms with Gasteiger partial charge in [0, 0.05) is 43.0 Å². The van der Waals surface area contributed by atoms with Crippen LogP contribution < -0.4 is 21.7 Å². The molecule has 0 bridgehead atoms. The molecule has 0 saturated carbocycles. The number of nitrogen functional groups attached to an aromatic ring is 1. The van der Waals surface area contributed by atoms with Crippen molar-refractivity contribution in [2.24, 2.45) is 0 Å². The van der Waals surface area contributed by atoms with Gasteiger partial charge in [-0.25, -0.2) is 14.6 Å². The maximum absolute atomic E-state index is 11.5. The van der Waals surface area contributed by atoms with Gasteiger partial charge in [-0.3, -0.25) is 10.6 Å². The van der Waals surface area contributed by atoms with Gasteiger partial charge in [0.05, 0.1) is 36.6 Å². The molecule has 2 fully saturated rings. The lowest BCUT2D eigenvalue weighted by molar-refractivity contribution is 0.186. The largest absolute Gasteiger partial charge is 0.453 e. The molecule has 0 spiro atoms. The normalized spacial score (nSPS) is 15.8. The highest BCUT2D eigenvalue weighted by Crippen LogP contribution is 2.28. The van der Waals surface area contributed by atoms with E-state index in [4.69, 9.17) is 10.7 Å². The molecule has 2 aliphatic rings. The molecule has 2 amide bonds. The number of piperidine rings is 2. The van der Waals surface area contributed by atoms with Gasteiger partial charge in [-0.2, -0.15) is 0 Å². The number of carbonyl (C=O) groups excluding carboxylic acids is 2. The van der Waals surface area contributed by atoms with Crippen molar-refractivity contribution >= 4 is 46.0 Å². The van der Waals surface area contributed by atoms with E-state index in [9.17, 15) is 9.59 Å². The molecule has 3 heterocycles. The molecular formula is C35H54N8O4. The Morgan fingerprint density at radius 1 is 0.787 bits per heavy atom. The van der Waals surface area contributed by atoms with Crippen LogP contribution in [0.25, 0.3) is 11.0 Å². The van der Waals surface area contributed by atoms with Gasteiger partial charge >= 0.3 is 12.2 Å². The van der Waals surface area contributed by atoms with Crippen molar-refractivity contribution in [3.8, 4) is 0 Å². The lowest BCUT2D eigenvalue weighted by Gasteiger charge is -2.28. The fraction of sp³-hybridized carbons (Fsp3) is 0.571. The molecule has 2 aliphatic heterocycles. The van der Waals surface area contributed by atoms with Crippen molar-refractivity contribution < 1.29 is 19.1 Å². The molecule has 2 saturated heterocycles. The number of hydrogen-bond donors (Lipinski definition) is 4. The first-order valence-electron chi connectivity index (χ1n) is 16.9. The topological polar surface area (TPSA) is 139 Å². The van der Waals surface area contributed by atoms with Crippen molar-refractivity contribution in [2.45, 2.75) is 71.3 Å². The zero-order valence-corrected chi connectivity index (χ0v) is 28.9. The summed E-state index contributed by atoms with van der Waals surface area (Å²) in [6, 6.07) is 11.3. The molecule has 1 aromatic heterocycles. The Balaban J connectivity index is 0.000000218. The van der Waals surface area contributed by atoms with Crippen molar-refractivity contribution in [3.05, 3.63) is 42.2 Å². The van der Waals surface area contributed by atoms with Crippen LogP contribution in [-0.2, 0) is 21.4 Å². The number of rotatable bonds is 9. The monoisotopic (exact) mass is 650 g/mol. The van der Waals surface area contributed by atoms with Crippen LogP contribution in [0.15, 0.2) is 36.4 Å². The lowest BCUT2D eigenvalue weighted by atomic mass is 9.95. The fourth-order valence-electron chi connectivity index (χ4n) is 6.10. The number of nitrogens with zero attached hydrogens (tertiary/aromatic N) is 4. The standard InChI is InChI=1S/C20H30N4O2.C15H24N4O2/c1-20(2,3)18-22-16-14-15(21-19(25)26-4)8-9-17(16)24(18)13-12-23-10-6-5-7-11-23;1-21-15(20)18-12-5-6-14(13(16)11-12)17-7-10-19-8-3-2-4-9-19/h8-9,14H,5-7,10-13H2,1-4H3,(H,21,25);5-6,11,17H,2-4,7-10,16H2,1H3,(H,18,20). The number of benzene rings is 2. The summed E-state index contributed by atoms with van der Waals surface area (Å²) in [6.45, 7) is 15.3. The van der Waals surface area contributed by atoms with Gasteiger partial charge in [-0.15, -0.1) is 0 Å². The first-order chi connectivity index (χ1) is 22.6. The number of carbonyl (C=O) groups is 2. The highest BCUT2D eigenvalue weighted by atomic mass is 16.5. The van der Waals surface area contributed by atoms with E-state index >= 15 is 0 Å². The number of ether oxygens (including phenoxy) is 2. The lowest BCUT2D eigenvalue weighted by Crippen LogP contribution is -2.33. The fourth-order valence-corrected chi connectivity index (χ4v) is 6.10. The van der Waals surface area contributed by atoms with Crippen LogP contribution in [0.1, 0.15) is 65.1 Å². The van der Waals surface area contributed by atoms with Crippen LogP contribution in [-0.4, -0.2) is 91.6 Å². The second kappa shape index (κ2) is 17.2. The number of methoxy groups -OCH3 is 2. The first kappa shape index (κ1) is 35.8. The van der Waals surface area contributed by atoms with E-state index in [0.29, 0.717) is 17.1 Å². The molecule has 0 unspecified atom stereocenters. The van der Waals surface area contributed by atoms with E-state index in [1.165, 1.54) is 78.9 Å². The molecule has 47 heavy (non-hydrogen) atoms.